The van der Waals surface area contributed by atoms with Crippen LogP contribution < -0.4 is 4.74 Å². The second-order valence-corrected chi connectivity index (χ2v) is 4.14. The standard InChI is InChI=1S/C14H16ClFO2/c1-11(10-17-2)18-14-9-13(16)7-6-12(14)5-3-4-8-15/h6-7,9,11H,4,8,10H2,1-2H3. The lowest BCUT2D eigenvalue weighted by atomic mass is 10.2. The van der Waals surface area contributed by atoms with Gasteiger partial charge >= 0.3 is 0 Å². The molecule has 0 saturated carbocycles. The van der Waals surface area contributed by atoms with Gasteiger partial charge in [-0.05, 0) is 19.1 Å². The fraction of sp³-hybridized carbons (Fsp3) is 0.429. The minimum atomic E-state index is -0.350. The molecule has 98 valence electrons. The molecule has 1 rings (SSSR count). The van der Waals surface area contributed by atoms with Crippen LogP contribution in [0.1, 0.15) is 18.9 Å². The summed E-state index contributed by atoms with van der Waals surface area (Å²) in [4.78, 5) is 0. The van der Waals surface area contributed by atoms with Gasteiger partial charge in [0, 0.05) is 25.5 Å². The van der Waals surface area contributed by atoms with Crippen LogP contribution in [-0.4, -0.2) is 25.7 Å². The van der Waals surface area contributed by atoms with Crippen molar-refractivity contribution in [3.8, 4) is 17.6 Å². The largest absolute Gasteiger partial charge is 0.487 e. The van der Waals surface area contributed by atoms with Crippen LogP contribution in [0.2, 0.25) is 0 Å². The van der Waals surface area contributed by atoms with Gasteiger partial charge in [0.15, 0.2) is 0 Å². The van der Waals surface area contributed by atoms with Crippen LogP contribution in [0.25, 0.3) is 0 Å². The predicted octanol–water partition coefficient (Wildman–Crippen LogP) is 3.22. The molecule has 0 bridgehead atoms. The fourth-order valence-electron chi connectivity index (χ4n) is 1.39. The van der Waals surface area contributed by atoms with Crippen LogP contribution in [0.5, 0.6) is 5.75 Å². The number of alkyl halides is 1. The first-order chi connectivity index (χ1) is 8.67. The molecule has 0 amide bonds. The Bertz CT molecular complexity index is 437. The highest BCUT2D eigenvalue weighted by Gasteiger charge is 2.08. The van der Waals surface area contributed by atoms with E-state index < -0.39 is 0 Å². The van der Waals surface area contributed by atoms with Crippen LogP contribution in [0.4, 0.5) is 4.39 Å². The Balaban J connectivity index is 2.87. The number of rotatable bonds is 5. The number of benzene rings is 1. The smallest absolute Gasteiger partial charge is 0.138 e. The van der Waals surface area contributed by atoms with E-state index in [4.69, 9.17) is 21.1 Å². The van der Waals surface area contributed by atoms with E-state index >= 15 is 0 Å². The number of hydrogen-bond donors (Lipinski definition) is 0. The predicted molar refractivity (Wildman–Crippen MR) is 70.6 cm³/mol. The molecule has 0 saturated heterocycles. The molecule has 0 aliphatic carbocycles. The minimum Gasteiger partial charge on any atom is -0.487 e. The SMILES string of the molecule is COCC(C)Oc1cc(F)ccc1C#CCCCl. The minimum absolute atomic E-state index is 0.162. The zero-order chi connectivity index (χ0) is 13.4. The average Bonchev–Trinajstić information content (AvgIpc) is 2.32. The molecule has 18 heavy (non-hydrogen) atoms. The average molecular weight is 271 g/mol. The Labute approximate surface area is 112 Å². The molecule has 4 heteroatoms. The van der Waals surface area contributed by atoms with Gasteiger partial charge < -0.3 is 9.47 Å². The van der Waals surface area contributed by atoms with E-state index in [1.165, 1.54) is 12.1 Å². The van der Waals surface area contributed by atoms with E-state index in [0.717, 1.165) is 0 Å². The summed E-state index contributed by atoms with van der Waals surface area (Å²) >= 11 is 5.55. The zero-order valence-electron chi connectivity index (χ0n) is 10.5. The molecule has 1 aromatic rings. The van der Waals surface area contributed by atoms with Crippen molar-refractivity contribution in [2.75, 3.05) is 19.6 Å². The van der Waals surface area contributed by atoms with E-state index in [1.54, 1.807) is 13.2 Å². The van der Waals surface area contributed by atoms with Gasteiger partial charge in [0.1, 0.15) is 17.7 Å². The van der Waals surface area contributed by atoms with Crippen molar-refractivity contribution < 1.29 is 13.9 Å². The van der Waals surface area contributed by atoms with E-state index in [-0.39, 0.29) is 11.9 Å². The highest BCUT2D eigenvalue weighted by atomic mass is 35.5. The summed E-state index contributed by atoms with van der Waals surface area (Å²) in [6.07, 6.45) is 0.428. The molecule has 0 fully saturated rings. The van der Waals surface area contributed by atoms with Crippen molar-refractivity contribution in [1.29, 1.82) is 0 Å². The van der Waals surface area contributed by atoms with Crippen molar-refractivity contribution in [3.05, 3.63) is 29.6 Å². The van der Waals surface area contributed by atoms with Gasteiger partial charge in [0.25, 0.3) is 0 Å². The molecule has 0 radical (unpaired) electrons. The Kier molecular flexibility index (Phi) is 6.56. The summed E-state index contributed by atoms with van der Waals surface area (Å²) in [6, 6.07) is 4.29. The third-order valence-corrected chi connectivity index (χ3v) is 2.30. The molecule has 0 spiro atoms. The Hall–Kier alpha value is -1.24. The van der Waals surface area contributed by atoms with E-state index in [1.807, 2.05) is 6.92 Å². The molecule has 0 aromatic heterocycles. The maximum absolute atomic E-state index is 13.2. The molecular formula is C14H16ClFO2. The fourth-order valence-corrected chi connectivity index (χ4v) is 1.48. The first kappa shape index (κ1) is 14.8. The van der Waals surface area contributed by atoms with Gasteiger partial charge in [-0.25, -0.2) is 4.39 Å². The molecule has 0 N–H and O–H groups in total. The zero-order valence-corrected chi connectivity index (χ0v) is 11.3. The lowest BCUT2D eigenvalue weighted by Gasteiger charge is -2.15. The third-order valence-electron chi connectivity index (χ3n) is 2.12. The van der Waals surface area contributed by atoms with Crippen LogP contribution in [0, 0.1) is 17.7 Å². The lowest BCUT2D eigenvalue weighted by molar-refractivity contribution is 0.0917. The van der Waals surface area contributed by atoms with Crippen LogP contribution in [-0.2, 0) is 4.74 Å². The lowest BCUT2D eigenvalue weighted by Crippen LogP contribution is -2.18. The topological polar surface area (TPSA) is 18.5 Å². The highest BCUT2D eigenvalue weighted by Crippen LogP contribution is 2.20. The quantitative estimate of drug-likeness (QED) is 0.604. The number of halogens is 2. The number of hydrogen-bond acceptors (Lipinski definition) is 2. The summed E-state index contributed by atoms with van der Waals surface area (Å²) in [6.45, 7) is 2.29. The van der Waals surface area contributed by atoms with Crippen LogP contribution in [0.3, 0.4) is 0 Å². The van der Waals surface area contributed by atoms with Crippen molar-refractivity contribution in [3.63, 3.8) is 0 Å². The van der Waals surface area contributed by atoms with Gasteiger partial charge in [-0.3, -0.25) is 0 Å². The van der Waals surface area contributed by atoms with Gasteiger partial charge in [-0.1, -0.05) is 11.8 Å². The number of methoxy groups -OCH3 is 1. The van der Waals surface area contributed by atoms with Crippen molar-refractivity contribution in [1.82, 2.24) is 0 Å². The Morgan fingerprint density at radius 1 is 1.44 bits per heavy atom. The normalized spacial score (nSPS) is 11.6. The van der Waals surface area contributed by atoms with Gasteiger partial charge in [0.2, 0.25) is 0 Å². The summed E-state index contributed by atoms with van der Waals surface area (Å²) in [7, 11) is 1.59. The molecule has 1 atom stereocenters. The second kappa shape index (κ2) is 7.97. The van der Waals surface area contributed by atoms with Crippen molar-refractivity contribution in [2.24, 2.45) is 0 Å². The highest BCUT2D eigenvalue weighted by molar-refractivity contribution is 6.18. The first-order valence-corrected chi connectivity index (χ1v) is 6.20. The molecule has 0 heterocycles. The second-order valence-electron chi connectivity index (χ2n) is 3.77. The van der Waals surface area contributed by atoms with E-state index in [9.17, 15) is 4.39 Å². The summed E-state index contributed by atoms with van der Waals surface area (Å²) in [5.74, 6) is 6.38. The van der Waals surface area contributed by atoms with E-state index in [0.29, 0.717) is 30.2 Å². The molecule has 1 aromatic carbocycles. The van der Waals surface area contributed by atoms with Gasteiger partial charge in [-0.15, -0.1) is 11.6 Å². The first-order valence-electron chi connectivity index (χ1n) is 5.67. The van der Waals surface area contributed by atoms with Crippen LogP contribution in [0.15, 0.2) is 18.2 Å². The molecule has 0 aliphatic heterocycles. The summed E-state index contributed by atoms with van der Waals surface area (Å²) in [5.41, 5.74) is 0.657. The van der Waals surface area contributed by atoms with E-state index in [2.05, 4.69) is 11.8 Å². The van der Waals surface area contributed by atoms with Crippen molar-refractivity contribution >= 4 is 11.6 Å². The Morgan fingerprint density at radius 3 is 2.89 bits per heavy atom. The summed E-state index contributed by atoms with van der Waals surface area (Å²) in [5, 5.41) is 0. The molecule has 1 unspecified atom stereocenters. The van der Waals surface area contributed by atoms with Gasteiger partial charge in [-0.2, -0.15) is 0 Å². The molecule has 2 nitrogen and oxygen atoms in total. The molecular weight excluding hydrogens is 255 g/mol. The Morgan fingerprint density at radius 2 is 2.22 bits per heavy atom. The van der Waals surface area contributed by atoms with Gasteiger partial charge in [0.05, 0.1) is 12.2 Å². The van der Waals surface area contributed by atoms with Crippen molar-refractivity contribution in [2.45, 2.75) is 19.4 Å². The maximum atomic E-state index is 13.2. The molecule has 0 aliphatic rings. The van der Waals surface area contributed by atoms with Crippen LogP contribution >= 0.6 is 11.6 Å². The number of ether oxygens (including phenoxy) is 2. The maximum Gasteiger partial charge on any atom is 0.138 e. The summed E-state index contributed by atoms with van der Waals surface area (Å²) < 4.78 is 23.8. The monoisotopic (exact) mass is 270 g/mol. The third kappa shape index (κ3) is 4.95.